The molecule has 0 aliphatic rings. The monoisotopic (exact) mass is 282 g/mol. The van der Waals surface area contributed by atoms with Crippen LogP contribution in [0.2, 0.25) is 0 Å². The van der Waals surface area contributed by atoms with Crippen molar-refractivity contribution in [2.24, 2.45) is 11.5 Å². The van der Waals surface area contributed by atoms with E-state index in [9.17, 15) is 9.59 Å². The summed E-state index contributed by atoms with van der Waals surface area (Å²) in [5.41, 5.74) is 11.1. The highest BCUT2D eigenvalue weighted by Crippen LogP contribution is 2.37. The lowest BCUT2D eigenvalue weighted by molar-refractivity contribution is -0.141. The van der Waals surface area contributed by atoms with E-state index in [0.717, 1.165) is 0 Å². The van der Waals surface area contributed by atoms with E-state index in [2.05, 4.69) is 4.74 Å². The number of rotatable bonds is 7. The number of carbonyl (C=O) groups is 2. The minimum atomic E-state index is -1.06. The molecule has 0 aromatic heterocycles. The fraction of sp³-hybridized carbons (Fsp3) is 0.778. The molecular weight excluding hydrogens is 264 g/mol. The molecule has 17 heavy (non-hydrogen) atoms. The molecule has 0 radical (unpaired) electrons. The first-order valence-electron chi connectivity index (χ1n) is 4.84. The van der Waals surface area contributed by atoms with Gasteiger partial charge in [-0.2, -0.15) is 0 Å². The average Bonchev–Trinajstić information content (AvgIpc) is 2.26. The molecule has 0 aromatic rings. The first-order chi connectivity index (χ1) is 7.72. The summed E-state index contributed by atoms with van der Waals surface area (Å²) in [5, 5.41) is 8.81. The molecule has 0 rings (SSSR count). The third kappa shape index (κ3) is 5.62. The zero-order valence-corrected chi connectivity index (χ0v) is 11.6. The zero-order chi connectivity index (χ0) is 13.6. The van der Waals surface area contributed by atoms with Gasteiger partial charge in [-0.1, -0.05) is 21.6 Å². The number of hydrogen-bond acceptors (Lipinski definition) is 7. The smallest absolute Gasteiger partial charge is 0.323 e. The molecule has 0 heterocycles. The van der Waals surface area contributed by atoms with E-state index in [1.165, 1.54) is 28.7 Å². The van der Waals surface area contributed by atoms with Crippen LogP contribution >= 0.6 is 21.6 Å². The van der Waals surface area contributed by atoms with Gasteiger partial charge in [-0.25, -0.2) is 0 Å². The quantitative estimate of drug-likeness (QED) is 0.443. The number of carboxylic acid groups (broad SMARTS) is 1. The van der Waals surface area contributed by atoms with Crippen LogP contribution in [0.5, 0.6) is 0 Å². The van der Waals surface area contributed by atoms with E-state index in [1.807, 2.05) is 0 Å². The molecule has 100 valence electrons. The zero-order valence-electron chi connectivity index (χ0n) is 10.0. The van der Waals surface area contributed by atoms with Crippen molar-refractivity contribution in [3.63, 3.8) is 0 Å². The Labute approximate surface area is 108 Å². The number of carbonyl (C=O) groups excluding carboxylic acids is 1. The normalized spacial score (nSPS) is 15.1. The summed E-state index contributed by atoms with van der Waals surface area (Å²) in [6.45, 7) is 3.46. The highest BCUT2D eigenvalue weighted by atomic mass is 33.1. The van der Waals surface area contributed by atoms with E-state index < -0.39 is 28.8 Å². The molecule has 0 saturated carbocycles. The molecule has 0 bridgehead atoms. The van der Waals surface area contributed by atoms with Crippen molar-refractivity contribution < 1.29 is 19.4 Å². The lowest BCUT2D eigenvalue weighted by Crippen LogP contribution is -2.46. The van der Waals surface area contributed by atoms with Crippen molar-refractivity contribution in [1.29, 1.82) is 0 Å². The van der Waals surface area contributed by atoms with Crippen molar-refractivity contribution in [2.45, 2.75) is 30.7 Å². The Balaban J connectivity index is 4.11. The van der Waals surface area contributed by atoms with Gasteiger partial charge < -0.3 is 21.3 Å². The van der Waals surface area contributed by atoms with Gasteiger partial charge >= 0.3 is 11.9 Å². The summed E-state index contributed by atoms with van der Waals surface area (Å²) < 4.78 is 3.83. The number of nitrogens with two attached hydrogens (primary N) is 2. The second kappa shape index (κ2) is 7.10. The maximum atomic E-state index is 11.0. The highest BCUT2D eigenvalue weighted by molar-refractivity contribution is 8.77. The molecule has 8 heteroatoms. The first kappa shape index (κ1) is 16.6. The Morgan fingerprint density at radius 2 is 1.94 bits per heavy atom. The highest BCUT2D eigenvalue weighted by Gasteiger charge is 2.33. The standard InChI is InChI=1S/C9H18N2O4S2/c1-9(2,6(11)7(12)13)17-16-4-5(10)8(14)15-3/h5-6H,4,10-11H2,1-3H3,(H,12,13)/t5-,6-/m0/s1. The summed E-state index contributed by atoms with van der Waals surface area (Å²) in [4.78, 5) is 21.8. The maximum Gasteiger partial charge on any atom is 0.323 e. The SMILES string of the molecule is COC(=O)[C@@H](N)CSSC(C)(C)[C@@H](N)C(=O)O. The summed E-state index contributed by atoms with van der Waals surface area (Å²) in [7, 11) is 3.87. The predicted molar refractivity (Wildman–Crippen MR) is 69.7 cm³/mol. The number of methoxy groups -OCH3 is 1. The summed E-state index contributed by atoms with van der Waals surface area (Å²) in [6.07, 6.45) is 0. The van der Waals surface area contributed by atoms with Crippen LogP contribution in [-0.4, -0.2) is 46.7 Å². The van der Waals surface area contributed by atoms with Crippen LogP contribution in [-0.2, 0) is 14.3 Å². The van der Waals surface area contributed by atoms with E-state index in [-0.39, 0.29) is 0 Å². The van der Waals surface area contributed by atoms with Gasteiger partial charge in [0.2, 0.25) is 0 Å². The van der Waals surface area contributed by atoms with Crippen molar-refractivity contribution in [3.05, 3.63) is 0 Å². The third-order valence-corrected chi connectivity index (χ3v) is 5.39. The van der Waals surface area contributed by atoms with Gasteiger partial charge in [-0.05, 0) is 13.8 Å². The molecule has 0 amide bonds. The topological polar surface area (TPSA) is 116 Å². The van der Waals surface area contributed by atoms with Crippen LogP contribution in [0.25, 0.3) is 0 Å². The Morgan fingerprint density at radius 3 is 2.35 bits per heavy atom. The van der Waals surface area contributed by atoms with Crippen molar-refractivity contribution in [3.8, 4) is 0 Å². The fourth-order valence-electron chi connectivity index (χ4n) is 0.828. The van der Waals surface area contributed by atoms with Gasteiger partial charge in [0.1, 0.15) is 12.1 Å². The number of ether oxygens (including phenoxy) is 1. The number of aliphatic carboxylic acids is 1. The van der Waals surface area contributed by atoms with Crippen molar-refractivity contribution >= 4 is 33.5 Å². The maximum absolute atomic E-state index is 11.0. The molecule has 0 saturated heterocycles. The molecule has 2 atom stereocenters. The minimum Gasteiger partial charge on any atom is -0.480 e. The van der Waals surface area contributed by atoms with Gasteiger partial charge in [-0.15, -0.1) is 0 Å². The van der Waals surface area contributed by atoms with Crippen LogP contribution < -0.4 is 11.5 Å². The van der Waals surface area contributed by atoms with Gasteiger partial charge in [0.05, 0.1) is 7.11 Å². The van der Waals surface area contributed by atoms with Crippen LogP contribution in [0, 0.1) is 0 Å². The molecule has 6 nitrogen and oxygen atoms in total. The third-order valence-electron chi connectivity index (χ3n) is 2.04. The van der Waals surface area contributed by atoms with Crippen LogP contribution in [0.4, 0.5) is 0 Å². The fourth-order valence-corrected chi connectivity index (χ4v) is 3.55. The van der Waals surface area contributed by atoms with Gasteiger partial charge in [0.25, 0.3) is 0 Å². The Kier molecular flexibility index (Phi) is 6.91. The second-order valence-corrected chi connectivity index (χ2v) is 6.91. The summed E-state index contributed by atoms with van der Waals surface area (Å²) >= 11 is 0. The minimum absolute atomic E-state index is 0.340. The summed E-state index contributed by atoms with van der Waals surface area (Å²) in [6, 6.07) is -1.69. The van der Waals surface area contributed by atoms with Crippen LogP contribution in [0.1, 0.15) is 13.8 Å². The largest absolute Gasteiger partial charge is 0.480 e. The van der Waals surface area contributed by atoms with Crippen molar-refractivity contribution in [1.82, 2.24) is 0 Å². The Morgan fingerprint density at radius 1 is 1.41 bits per heavy atom. The molecule has 0 unspecified atom stereocenters. The van der Waals surface area contributed by atoms with E-state index in [1.54, 1.807) is 13.8 Å². The molecule has 0 aromatic carbocycles. The van der Waals surface area contributed by atoms with E-state index in [4.69, 9.17) is 16.6 Å². The molecule has 0 spiro atoms. The lowest BCUT2D eigenvalue weighted by Gasteiger charge is -2.27. The second-order valence-electron chi connectivity index (χ2n) is 3.92. The van der Waals surface area contributed by atoms with Gasteiger partial charge in [-0.3, -0.25) is 9.59 Å². The molecule has 5 N–H and O–H groups in total. The summed E-state index contributed by atoms with van der Waals surface area (Å²) in [5.74, 6) is -1.20. The Hall–Kier alpha value is -0.440. The first-order valence-corrected chi connectivity index (χ1v) is 7.16. The van der Waals surface area contributed by atoms with E-state index >= 15 is 0 Å². The van der Waals surface area contributed by atoms with E-state index in [0.29, 0.717) is 5.75 Å². The predicted octanol–water partition coefficient (Wildman–Crippen LogP) is 0.0586. The molecule has 0 fully saturated rings. The molecule has 0 aliphatic carbocycles. The number of esters is 1. The molecular formula is C9H18N2O4S2. The Bertz CT molecular complexity index is 286. The van der Waals surface area contributed by atoms with Crippen molar-refractivity contribution in [2.75, 3.05) is 12.9 Å². The number of hydrogen-bond donors (Lipinski definition) is 3. The molecule has 0 aliphatic heterocycles. The van der Waals surface area contributed by atoms with Gasteiger partial charge in [0.15, 0.2) is 0 Å². The van der Waals surface area contributed by atoms with Crippen LogP contribution in [0.3, 0.4) is 0 Å². The lowest BCUT2D eigenvalue weighted by atomic mass is 10.1. The van der Waals surface area contributed by atoms with Crippen LogP contribution in [0.15, 0.2) is 0 Å². The number of carboxylic acids is 1. The average molecular weight is 282 g/mol. The van der Waals surface area contributed by atoms with Gasteiger partial charge in [0, 0.05) is 10.5 Å².